The van der Waals surface area contributed by atoms with E-state index in [0.717, 1.165) is 0 Å². The van der Waals surface area contributed by atoms with Gasteiger partial charge in [-0.1, -0.05) is 0 Å². The van der Waals surface area contributed by atoms with E-state index in [0.29, 0.717) is 17.1 Å². The summed E-state index contributed by atoms with van der Waals surface area (Å²) >= 11 is 0. The van der Waals surface area contributed by atoms with Gasteiger partial charge in [-0.2, -0.15) is 0 Å². The standard InChI is InChI=1S/C10H13NO4/c1-13-6-15-7-3-4-8(10(11)12)9(5-7)14-2/h3-5H,6H2,1-2H3,(H2,11,12). The largest absolute Gasteiger partial charge is 0.496 e. The van der Waals surface area contributed by atoms with Crippen LogP contribution < -0.4 is 15.2 Å². The van der Waals surface area contributed by atoms with E-state index in [9.17, 15) is 4.79 Å². The second kappa shape index (κ2) is 5.21. The lowest BCUT2D eigenvalue weighted by atomic mass is 10.2. The van der Waals surface area contributed by atoms with E-state index >= 15 is 0 Å². The van der Waals surface area contributed by atoms with E-state index in [-0.39, 0.29) is 6.79 Å². The van der Waals surface area contributed by atoms with Crippen molar-refractivity contribution < 1.29 is 19.0 Å². The van der Waals surface area contributed by atoms with Gasteiger partial charge in [-0.25, -0.2) is 0 Å². The molecule has 5 heteroatoms. The molecule has 5 nitrogen and oxygen atoms in total. The summed E-state index contributed by atoms with van der Waals surface area (Å²) in [5.41, 5.74) is 5.48. The summed E-state index contributed by atoms with van der Waals surface area (Å²) in [6.07, 6.45) is 0. The summed E-state index contributed by atoms with van der Waals surface area (Å²) in [5.74, 6) is 0.403. The number of ether oxygens (including phenoxy) is 3. The molecule has 1 amide bonds. The van der Waals surface area contributed by atoms with Crippen LogP contribution in [-0.4, -0.2) is 26.9 Å². The van der Waals surface area contributed by atoms with E-state index in [1.165, 1.54) is 14.2 Å². The lowest BCUT2D eigenvalue weighted by Crippen LogP contribution is -2.12. The van der Waals surface area contributed by atoms with Crippen molar-refractivity contribution in [3.05, 3.63) is 23.8 Å². The van der Waals surface area contributed by atoms with Crippen molar-refractivity contribution in [2.24, 2.45) is 5.73 Å². The molecule has 0 aliphatic heterocycles. The fraction of sp³-hybridized carbons (Fsp3) is 0.300. The van der Waals surface area contributed by atoms with Gasteiger partial charge in [-0.3, -0.25) is 4.79 Å². The first-order valence-electron chi connectivity index (χ1n) is 4.28. The minimum atomic E-state index is -0.537. The normalized spacial score (nSPS) is 9.73. The predicted octanol–water partition coefficient (Wildman–Crippen LogP) is 0.777. The average Bonchev–Trinajstić information content (AvgIpc) is 2.25. The third kappa shape index (κ3) is 2.85. The van der Waals surface area contributed by atoms with Crippen LogP contribution in [-0.2, 0) is 4.74 Å². The maximum absolute atomic E-state index is 11.0. The van der Waals surface area contributed by atoms with Gasteiger partial charge < -0.3 is 19.9 Å². The van der Waals surface area contributed by atoms with Crippen LogP contribution in [0.25, 0.3) is 0 Å². The quantitative estimate of drug-likeness (QED) is 0.730. The second-order valence-electron chi connectivity index (χ2n) is 2.78. The molecular weight excluding hydrogens is 198 g/mol. The lowest BCUT2D eigenvalue weighted by molar-refractivity contribution is 0.0510. The number of carbonyl (C=O) groups excluding carboxylic acids is 1. The molecule has 0 aromatic heterocycles. The summed E-state index contributed by atoms with van der Waals surface area (Å²) in [7, 11) is 2.98. The second-order valence-corrected chi connectivity index (χ2v) is 2.78. The highest BCUT2D eigenvalue weighted by Crippen LogP contribution is 2.24. The van der Waals surface area contributed by atoms with Gasteiger partial charge in [0.25, 0.3) is 5.91 Å². The SMILES string of the molecule is COCOc1ccc(C(N)=O)c(OC)c1. The van der Waals surface area contributed by atoms with Crippen LogP contribution in [0, 0.1) is 0 Å². The number of hydrogen-bond donors (Lipinski definition) is 1. The first kappa shape index (κ1) is 11.3. The molecule has 82 valence electrons. The molecule has 0 aliphatic rings. The molecule has 0 aliphatic carbocycles. The first-order chi connectivity index (χ1) is 7.19. The molecule has 0 saturated heterocycles. The van der Waals surface area contributed by atoms with Gasteiger partial charge in [-0.15, -0.1) is 0 Å². The zero-order valence-corrected chi connectivity index (χ0v) is 8.65. The molecule has 15 heavy (non-hydrogen) atoms. The Bertz CT molecular complexity index is 351. The highest BCUT2D eigenvalue weighted by molar-refractivity contribution is 5.95. The molecule has 1 aromatic rings. The van der Waals surface area contributed by atoms with E-state index < -0.39 is 5.91 Å². The van der Waals surface area contributed by atoms with Gasteiger partial charge in [0.05, 0.1) is 12.7 Å². The zero-order valence-electron chi connectivity index (χ0n) is 8.65. The number of carbonyl (C=O) groups is 1. The highest BCUT2D eigenvalue weighted by atomic mass is 16.7. The number of benzene rings is 1. The maximum Gasteiger partial charge on any atom is 0.252 e. The van der Waals surface area contributed by atoms with Gasteiger partial charge >= 0.3 is 0 Å². The van der Waals surface area contributed by atoms with E-state index in [4.69, 9.17) is 19.9 Å². The van der Waals surface area contributed by atoms with Crippen molar-refractivity contribution in [3.63, 3.8) is 0 Å². The zero-order chi connectivity index (χ0) is 11.3. The lowest BCUT2D eigenvalue weighted by Gasteiger charge is -2.09. The van der Waals surface area contributed by atoms with Crippen LogP contribution in [0.4, 0.5) is 0 Å². The smallest absolute Gasteiger partial charge is 0.252 e. The van der Waals surface area contributed by atoms with Crippen molar-refractivity contribution in [2.45, 2.75) is 0 Å². The molecule has 0 saturated carbocycles. The third-order valence-corrected chi connectivity index (χ3v) is 1.78. The van der Waals surface area contributed by atoms with E-state index in [1.54, 1.807) is 18.2 Å². The minimum absolute atomic E-state index is 0.138. The molecule has 0 spiro atoms. The summed E-state index contributed by atoms with van der Waals surface area (Å²) in [6, 6.07) is 4.76. The van der Waals surface area contributed by atoms with Crippen LogP contribution in [0.3, 0.4) is 0 Å². The fourth-order valence-corrected chi connectivity index (χ4v) is 1.09. The van der Waals surface area contributed by atoms with Crippen LogP contribution in [0.2, 0.25) is 0 Å². The number of nitrogens with two attached hydrogens (primary N) is 1. The van der Waals surface area contributed by atoms with Crippen LogP contribution >= 0.6 is 0 Å². The van der Waals surface area contributed by atoms with Crippen molar-refractivity contribution in [1.29, 1.82) is 0 Å². The Morgan fingerprint density at radius 1 is 1.40 bits per heavy atom. The molecule has 0 bridgehead atoms. The molecule has 0 radical (unpaired) electrons. The van der Waals surface area contributed by atoms with Crippen molar-refractivity contribution in [1.82, 2.24) is 0 Å². The minimum Gasteiger partial charge on any atom is -0.496 e. The Balaban J connectivity index is 2.92. The number of methoxy groups -OCH3 is 2. The van der Waals surface area contributed by atoms with Gasteiger partial charge in [0, 0.05) is 13.2 Å². The molecule has 0 atom stereocenters. The Hall–Kier alpha value is -1.75. The number of amides is 1. The Labute approximate surface area is 87.7 Å². The molecule has 0 fully saturated rings. The third-order valence-electron chi connectivity index (χ3n) is 1.78. The summed E-state index contributed by atoms with van der Waals surface area (Å²) in [5, 5.41) is 0. The monoisotopic (exact) mass is 211 g/mol. The average molecular weight is 211 g/mol. The van der Waals surface area contributed by atoms with Crippen LogP contribution in [0.1, 0.15) is 10.4 Å². The van der Waals surface area contributed by atoms with Gasteiger partial charge in [0.15, 0.2) is 6.79 Å². The van der Waals surface area contributed by atoms with Crippen molar-refractivity contribution >= 4 is 5.91 Å². The van der Waals surface area contributed by atoms with Crippen LogP contribution in [0.15, 0.2) is 18.2 Å². The van der Waals surface area contributed by atoms with Gasteiger partial charge in [0.2, 0.25) is 0 Å². The van der Waals surface area contributed by atoms with Gasteiger partial charge in [-0.05, 0) is 12.1 Å². The molecule has 1 aromatic carbocycles. The Morgan fingerprint density at radius 2 is 2.13 bits per heavy atom. The molecular formula is C10H13NO4. The first-order valence-corrected chi connectivity index (χ1v) is 4.28. The predicted molar refractivity (Wildman–Crippen MR) is 54.0 cm³/mol. The molecule has 0 heterocycles. The van der Waals surface area contributed by atoms with E-state index in [1.807, 2.05) is 0 Å². The summed E-state index contributed by atoms with van der Waals surface area (Å²) in [4.78, 5) is 11.0. The Morgan fingerprint density at radius 3 is 2.67 bits per heavy atom. The summed E-state index contributed by atoms with van der Waals surface area (Å²) < 4.78 is 14.9. The van der Waals surface area contributed by atoms with Gasteiger partial charge in [0.1, 0.15) is 11.5 Å². The van der Waals surface area contributed by atoms with Crippen molar-refractivity contribution in [3.8, 4) is 11.5 Å². The molecule has 0 unspecified atom stereocenters. The maximum atomic E-state index is 11.0. The summed E-state index contributed by atoms with van der Waals surface area (Å²) in [6.45, 7) is 0.138. The molecule has 1 rings (SSSR count). The topological polar surface area (TPSA) is 70.8 Å². The number of primary amides is 1. The molecule has 2 N–H and O–H groups in total. The highest BCUT2D eigenvalue weighted by Gasteiger charge is 2.09. The van der Waals surface area contributed by atoms with E-state index in [2.05, 4.69) is 0 Å². The van der Waals surface area contributed by atoms with Crippen molar-refractivity contribution in [2.75, 3.05) is 21.0 Å². The number of hydrogen-bond acceptors (Lipinski definition) is 4. The Kier molecular flexibility index (Phi) is 3.93. The number of rotatable bonds is 5. The fourth-order valence-electron chi connectivity index (χ4n) is 1.09. The van der Waals surface area contributed by atoms with Crippen LogP contribution in [0.5, 0.6) is 11.5 Å².